The Hall–Kier alpha value is -1.87. The van der Waals surface area contributed by atoms with Crippen LogP contribution < -0.4 is 9.47 Å². The summed E-state index contributed by atoms with van der Waals surface area (Å²) in [6.45, 7) is 7.27. The normalized spacial score (nSPS) is 14.6. The molecule has 1 amide bonds. The molecule has 2 rings (SSSR count). The number of nitrogens with zero attached hydrogens (tertiary/aromatic N) is 1. The van der Waals surface area contributed by atoms with E-state index < -0.39 is 5.60 Å². The van der Waals surface area contributed by atoms with Gasteiger partial charge in [-0.3, -0.25) is 0 Å². The van der Waals surface area contributed by atoms with Gasteiger partial charge in [0.15, 0.2) is 11.5 Å². The zero-order chi connectivity index (χ0) is 17.9. The lowest BCUT2D eigenvalue weighted by molar-refractivity contribution is -0.00801. The van der Waals surface area contributed by atoms with Crippen molar-refractivity contribution in [2.45, 2.75) is 26.4 Å². The molecule has 0 spiro atoms. The minimum atomic E-state index is -0.480. The maximum atomic E-state index is 11.9. The first-order valence-corrected chi connectivity index (χ1v) is 8.48. The molecule has 6 heteroatoms. The van der Waals surface area contributed by atoms with Crippen molar-refractivity contribution in [3.8, 4) is 23.8 Å². The Balaban J connectivity index is 1.91. The SMILES string of the molecule is C#Cc1ccc(OC)c(OCC2CN(C(=O)OC(C)(C)C)C2)c1Br. The van der Waals surface area contributed by atoms with Crippen LogP contribution >= 0.6 is 15.9 Å². The fourth-order valence-corrected chi connectivity index (χ4v) is 2.85. The molecule has 1 aliphatic rings. The van der Waals surface area contributed by atoms with Gasteiger partial charge in [-0.2, -0.15) is 0 Å². The molecule has 5 nitrogen and oxygen atoms in total. The minimum Gasteiger partial charge on any atom is -0.493 e. The number of terminal acetylenes is 1. The molecule has 1 aliphatic heterocycles. The van der Waals surface area contributed by atoms with Gasteiger partial charge in [0.05, 0.1) is 18.2 Å². The smallest absolute Gasteiger partial charge is 0.410 e. The summed E-state index contributed by atoms with van der Waals surface area (Å²) in [6.07, 6.45) is 5.19. The maximum absolute atomic E-state index is 11.9. The highest BCUT2D eigenvalue weighted by Crippen LogP contribution is 2.38. The van der Waals surface area contributed by atoms with Crippen LogP contribution in [0.25, 0.3) is 0 Å². The monoisotopic (exact) mass is 395 g/mol. The first kappa shape index (κ1) is 18.5. The summed E-state index contributed by atoms with van der Waals surface area (Å²) < 4.78 is 17.2. The van der Waals surface area contributed by atoms with Crippen molar-refractivity contribution in [2.24, 2.45) is 5.92 Å². The van der Waals surface area contributed by atoms with Gasteiger partial charge in [-0.05, 0) is 48.8 Å². The van der Waals surface area contributed by atoms with Gasteiger partial charge in [0, 0.05) is 24.6 Å². The number of hydrogen-bond donors (Lipinski definition) is 0. The number of ether oxygens (including phenoxy) is 3. The van der Waals surface area contributed by atoms with Crippen LogP contribution in [0.15, 0.2) is 16.6 Å². The van der Waals surface area contributed by atoms with Crippen LogP contribution in [-0.4, -0.2) is 43.4 Å². The van der Waals surface area contributed by atoms with Gasteiger partial charge in [0.25, 0.3) is 0 Å². The molecule has 0 aliphatic carbocycles. The highest BCUT2D eigenvalue weighted by molar-refractivity contribution is 9.10. The van der Waals surface area contributed by atoms with Gasteiger partial charge >= 0.3 is 6.09 Å². The summed E-state index contributed by atoms with van der Waals surface area (Å²) in [6, 6.07) is 3.58. The molecule has 130 valence electrons. The van der Waals surface area contributed by atoms with Gasteiger partial charge in [0.1, 0.15) is 5.60 Å². The third-order valence-corrected chi connectivity index (χ3v) is 4.30. The molecule has 0 atom stereocenters. The predicted molar refractivity (Wildman–Crippen MR) is 95.4 cm³/mol. The number of rotatable bonds is 4. The number of carbonyl (C=O) groups excluding carboxylic acids is 1. The fourth-order valence-electron chi connectivity index (χ4n) is 2.30. The second kappa shape index (κ2) is 7.35. The Kier molecular flexibility index (Phi) is 5.66. The first-order chi connectivity index (χ1) is 11.2. The van der Waals surface area contributed by atoms with Crippen LogP contribution in [0.5, 0.6) is 11.5 Å². The van der Waals surface area contributed by atoms with E-state index in [9.17, 15) is 4.79 Å². The van der Waals surface area contributed by atoms with E-state index >= 15 is 0 Å². The van der Waals surface area contributed by atoms with Crippen molar-refractivity contribution in [3.05, 3.63) is 22.2 Å². The van der Waals surface area contributed by atoms with Crippen molar-refractivity contribution >= 4 is 22.0 Å². The summed E-state index contributed by atoms with van der Waals surface area (Å²) in [5.41, 5.74) is 0.224. The molecule has 0 aromatic heterocycles. The molecule has 24 heavy (non-hydrogen) atoms. The summed E-state index contributed by atoms with van der Waals surface area (Å²) in [5.74, 6) is 4.05. The van der Waals surface area contributed by atoms with Crippen LogP contribution in [0.1, 0.15) is 26.3 Å². The molecule has 1 fully saturated rings. The van der Waals surface area contributed by atoms with Gasteiger partial charge in [-0.25, -0.2) is 4.79 Å². The number of hydrogen-bond acceptors (Lipinski definition) is 4. The maximum Gasteiger partial charge on any atom is 0.410 e. The first-order valence-electron chi connectivity index (χ1n) is 7.69. The quantitative estimate of drug-likeness (QED) is 0.729. The molecule has 0 saturated carbocycles. The van der Waals surface area contributed by atoms with E-state index in [0.29, 0.717) is 41.2 Å². The lowest BCUT2D eigenvalue weighted by Crippen LogP contribution is -2.53. The van der Waals surface area contributed by atoms with Crippen LogP contribution in [0.4, 0.5) is 4.79 Å². The second-order valence-corrected chi connectivity index (χ2v) is 7.46. The van der Waals surface area contributed by atoms with Crippen molar-refractivity contribution in [1.82, 2.24) is 4.90 Å². The summed E-state index contributed by atoms with van der Waals surface area (Å²) in [5, 5.41) is 0. The summed E-state index contributed by atoms with van der Waals surface area (Å²) in [7, 11) is 1.58. The van der Waals surface area contributed by atoms with Crippen molar-refractivity contribution < 1.29 is 19.0 Å². The highest BCUT2D eigenvalue weighted by Gasteiger charge is 2.34. The van der Waals surface area contributed by atoms with Crippen LogP contribution in [0.2, 0.25) is 0 Å². The number of carbonyl (C=O) groups is 1. The average Bonchev–Trinajstić information content (AvgIpc) is 2.44. The average molecular weight is 396 g/mol. The Bertz CT molecular complexity index is 654. The van der Waals surface area contributed by atoms with Crippen molar-refractivity contribution in [3.63, 3.8) is 0 Å². The van der Waals surface area contributed by atoms with Gasteiger partial charge in [0.2, 0.25) is 0 Å². The molecule has 0 unspecified atom stereocenters. The molecule has 1 aromatic rings. The molecule has 1 aromatic carbocycles. The van der Waals surface area contributed by atoms with Crippen LogP contribution in [-0.2, 0) is 4.74 Å². The molecule has 1 saturated heterocycles. The van der Waals surface area contributed by atoms with E-state index in [1.54, 1.807) is 24.1 Å². The Morgan fingerprint density at radius 3 is 2.62 bits per heavy atom. The van der Waals surface area contributed by atoms with E-state index in [1.807, 2.05) is 20.8 Å². The number of methoxy groups -OCH3 is 1. The Labute approximate surface area is 151 Å². The standard InChI is InChI=1S/C18H22BrNO4/c1-6-13-7-8-14(22-5)16(15(13)19)23-11-12-9-20(10-12)17(21)24-18(2,3)4/h1,7-8,12H,9-11H2,2-5H3. The van der Waals surface area contributed by atoms with Crippen LogP contribution in [0.3, 0.4) is 0 Å². The lowest BCUT2D eigenvalue weighted by Gasteiger charge is -2.39. The van der Waals surface area contributed by atoms with E-state index in [4.69, 9.17) is 20.6 Å². The van der Waals surface area contributed by atoms with Crippen molar-refractivity contribution in [1.29, 1.82) is 0 Å². The third-order valence-electron chi connectivity index (χ3n) is 3.51. The van der Waals surface area contributed by atoms with Gasteiger partial charge in [-0.1, -0.05) is 5.92 Å². The number of amides is 1. The topological polar surface area (TPSA) is 48.0 Å². The highest BCUT2D eigenvalue weighted by atomic mass is 79.9. The third kappa shape index (κ3) is 4.35. The molecule has 1 heterocycles. The molecule has 0 radical (unpaired) electrons. The van der Waals surface area contributed by atoms with Gasteiger partial charge in [-0.15, -0.1) is 6.42 Å². The van der Waals surface area contributed by atoms with E-state index in [0.717, 1.165) is 0 Å². The Morgan fingerprint density at radius 1 is 1.42 bits per heavy atom. The number of benzene rings is 1. The van der Waals surface area contributed by atoms with Crippen LogP contribution in [0, 0.1) is 18.3 Å². The largest absolute Gasteiger partial charge is 0.493 e. The van der Waals surface area contributed by atoms with Crippen molar-refractivity contribution in [2.75, 3.05) is 26.8 Å². The van der Waals surface area contributed by atoms with Gasteiger partial charge < -0.3 is 19.1 Å². The number of likely N-dealkylation sites (tertiary alicyclic amines) is 1. The molecule has 0 bridgehead atoms. The number of halogens is 1. The Morgan fingerprint density at radius 2 is 2.08 bits per heavy atom. The van der Waals surface area contributed by atoms with E-state index in [2.05, 4.69) is 21.9 Å². The van der Waals surface area contributed by atoms with E-state index in [-0.39, 0.29) is 12.0 Å². The molecular weight excluding hydrogens is 374 g/mol. The lowest BCUT2D eigenvalue weighted by atomic mass is 10.0. The zero-order valence-electron chi connectivity index (χ0n) is 14.4. The summed E-state index contributed by atoms with van der Waals surface area (Å²) >= 11 is 3.46. The molecule has 0 N–H and O–H groups in total. The second-order valence-electron chi connectivity index (χ2n) is 6.67. The minimum absolute atomic E-state index is 0.253. The fraction of sp³-hybridized carbons (Fsp3) is 0.500. The zero-order valence-corrected chi connectivity index (χ0v) is 16.0. The predicted octanol–water partition coefficient (Wildman–Crippen LogP) is 3.68. The summed E-state index contributed by atoms with van der Waals surface area (Å²) in [4.78, 5) is 13.6. The van der Waals surface area contributed by atoms with E-state index in [1.165, 1.54) is 0 Å². The molecular formula is C18H22BrNO4.